The second-order valence-electron chi connectivity index (χ2n) is 6.40. The predicted octanol–water partition coefficient (Wildman–Crippen LogP) is 4.17. The fourth-order valence-corrected chi connectivity index (χ4v) is 4.02. The van der Waals surface area contributed by atoms with E-state index in [1.165, 1.54) is 33.4 Å². The first-order valence-electron chi connectivity index (χ1n) is 8.59. The molecule has 5 nitrogen and oxygen atoms in total. The van der Waals surface area contributed by atoms with E-state index in [-0.39, 0.29) is 12.2 Å². The van der Waals surface area contributed by atoms with Gasteiger partial charge in [0, 0.05) is 10.4 Å². The van der Waals surface area contributed by atoms with Gasteiger partial charge in [-0.15, -0.1) is 11.3 Å². The van der Waals surface area contributed by atoms with Gasteiger partial charge in [0.25, 0.3) is 5.56 Å². The highest BCUT2D eigenvalue weighted by Crippen LogP contribution is 2.36. The summed E-state index contributed by atoms with van der Waals surface area (Å²) in [7, 11) is 0. The second-order valence-corrected chi connectivity index (χ2v) is 7.60. The van der Waals surface area contributed by atoms with Crippen LogP contribution in [-0.4, -0.2) is 22.1 Å². The molecule has 136 valence electrons. The minimum Gasteiger partial charge on any atom is -0.464 e. The van der Waals surface area contributed by atoms with Gasteiger partial charge in [0.05, 0.1) is 18.3 Å². The Morgan fingerprint density at radius 3 is 2.65 bits per heavy atom. The fourth-order valence-electron chi connectivity index (χ4n) is 3.01. The van der Waals surface area contributed by atoms with Crippen molar-refractivity contribution >= 4 is 27.5 Å². The minimum atomic E-state index is -0.716. The van der Waals surface area contributed by atoms with Crippen molar-refractivity contribution in [3.05, 3.63) is 50.9 Å². The smallest absolute Gasteiger partial charge is 0.328 e. The number of aryl methyl sites for hydroxylation is 3. The van der Waals surface area contributed by atoms with Crippen LogP contribution in [0.5, 0.6) is 0 Å². The Morgan fingerprint density at radius 2 is 2.00 bits per heavy atom. The lowest BCUT2D eigenvalue weighted by molar-refractivity contribution is -0.146. The summed E-state index contributed by atoms with van der Waals surface area (Å²) in [5.74, 6) is -0.435. The number of hydrogen-bond acceptors (Lipinski definition) is 5. The molecule has 0 unspecified atom stereocenters. The van der Waals surface area contributed by atoms with Crippen molar-refractivity contribution in [2.45, 2.75) is 40.7 Å². The fraction of sp³-hybridized carbons (Fsp3) is 0.350. The maximum Gasteiger partial charge on any atom is 0.328 e. The van der Waals surface area contributed by atoms with Crippen molar-refractivity contribution < 1.29 is 9.53 Å². The predicted molar refractivity (Wildman–Crippen MR) is 105 cm³/mol. The number of hydrogen-bond donors (Lipinski definition) is 0. The first-order chi connectivity index (χ1) is 12.3. The van der Waals surface area contributed by atoms with Gasteiger partial charge in [0.1, 0.15) is 10.9 Å². The highest BCUT2D eigenvalue weighted by Gasteiger charge is 2.22. The number of benzene rings is 1. The minimum absolute atomic E-state index is 0.215. The van der Waals surface area contributed by atoms with Gasteiger partial charge >= 0.3 is 5.97 Å². The van der Waals surface area contributed by atoms with Crippen LogP contribution in [0, 0.1) is 20.8 Å². The van der Waals surface area contributed by atoms with Crippen molar-refractivity contribution in [2.24, 2.45) is 0 Å². The van der Waals surface area contributed by atoms with E-state index in [4.69, 9.17) is 4.74 Å². The summed E-state index contributed by atoms with van der Waals surface area (Å²) in [5, 5.41) is 0.564. The number of carbonyl (C=O) groups excluding carboxylic acids is 1. The SMILES string of the molecule is CCOC(=O)[C@H](C)n1cnc2sc(C)c(-c3ccc(C)c(C)c3)c2c1=O. The van der Waals surface area contributed by atoms with E-state index in [1.807, 2.05) is 13.0 Å². The number of aromatic nitrogens is 2. The third-order valence-corrected chi connectivity index (χ3v) is 5.67. The van der Waals surface area contributed by atoms with Gasteiger partial charge in [0.2, 0.25) is 0 Å². The lowest BCUT2D eigenvalue weighted by Crippen LogP contribution is -2.29. The first kappa shape index (κ1) is 18.3. The van der Waals surface area contributed by atoms with Crippen molar-refractivity contribution in [1.82, 2.24) is 9.55 Å². The molecule has 1 atom stereocenters. The van der Waals surface area contributed by atoms with E-state index >= 15 is 0 Å². The number of rotatable bonds is 4. The molecular formula is C20H22N2O3S. The van der Waals surface area contributed by atoms with E-state index in [9.17, 15) is 9.59 Å². The molecule has 0 bridgehead atoms. The summed E-state index contributed by atoms with van der Waals surface area (Å²) in [4.78, 5) is 31.4. The van der Waals surface area contributed by atoms with Crippen molar-refractivity contribution in [2.75, 3.05) is 6.61 Å². The topological polar surface area (TPSA) is 61.2 Å². The van der Waals surface area contributed by atoms with E-state index < -0.39 is 12.0 Å². The average molecular weight is 370 g/mol. The summed E-state index contributed by atoms with van der Waals surface area (Å²) in [6.07, 6.45) is 1.44. The number of fused-ring (bicyclic) bond motifs is 1. The highest BCUT2D eigenvalue weighted by atomic mass is 32.1. The van der Waals surface area contributed by atoms with Gasteiger partial charge in [-0.3, -0.25) is 9.36 Å². The molecule has 0 fully saturated rings. The molecule has 0 saturated carbocycles. The van der Waals surface area contributed by atoms with E-state index in [0.717, 1.165) is 16.0 Å². The monoisotopic (exact) mass is 370 g/mol. The summed E-state index contributed by atoms with van der Waals surface area (Å²) in [6.45, 7) is 9.79. The van der Waals surface area contributed by atoms with Gasteiger partial charge in [-0.2, -0.15) is 0 Å². The normalized spacial score (nSPS) is 12.3. The zero-order valence-electron chi connectivity index (χ0n) is 15.6. The molecule has 3 rings (SSSR count). The quantitative estimate of drug-likeness (QED) is 0.647. The first-order valence-corrected chi connectivity index (χ1v) is 9.41. The maximum absolute atomic E-state index is 13.2. The molecule has 6 heteroatoms. The number of esters is 1. The van der Waals surface area contributed by atoms with E-state index in [0.29, 0.717) is 10.2 Å². The molecule has 0 aliphatic rings. The van der Waals surface area contributed by atoms with Gasteiger partial charge in [-0.1, -0.05) is 18.2 Å². The van der Waals surface area contributed by atoms with Crippen LogP contribution >= 0.6 is 11.3 Å². The number of nitrogens with zero attached hydrogens (tertiary/aromatic N) is 2. The molecule has 0 amide bonds. The highest BCUT2D eigenvalue weighted by molar-refractivity contribution is 7.19. The number of ether oxygens (including phenoxy) is 1. The van der Waals surface area contributed by atoms with E-state index in [2.05, 4.69) is 31.0 Å². The molecule has 0 aliphatic heterocycles. The molecule has 26 heavy (non-hydrogen) atoms. The van der Waals surface area contributed by atoms with Crippen molar-refractivity contribution in [3.8, 4) is 11.1 Å². The standard InChI is InChI=1S/C20H22N2O3S/c1-6-25-20(24)13(4)22-10-21-18-17(19(22)23)16(14(5)26-18)15-8-7-11(2)12(3)9-15/h7-10,13H,6H2,1-5H3/t13-/m0/s1. The Labute approximate surface area is 156 Å². The molecule has 2 aromatic heterocycles. The van der Waals surface area contributed by atoms with Crippen LogP contribution in [0.1, 0.15) is 35.9 Å². The Hall–Kier alpha value is -2.47. The van der Waals surface area contributed by atoms with Crippen LogP contribution in [0.25, 0.3) is 21.3 Å². The van der Waals surface area contributed by atoms with Crippen molar-refractivity contribution in [1.29, 1.82) is 0 Å². The molecule has 0 aliphatic carbocycles. The largest absolute Gasteiger partial charge is 0.464 e. The van der Waals surface area contributed by atoms with Crippen LogP contribution < -0.4 is 5.56 Å². The van der Waals surface area contributed by atoms with Crippen LogP contribution in [-0.2, 0) is 9.53 Å². The number of thiophene rings is 1. The Morgan fingerprint density at radius 1 is 1.27 bits per heavy atom. The Bertz CT molecular complexity index is 1050. The third-order valence-electron chi connectivity index (χ3n) is 4.65. The Balaban J connectivity index is 2.23. The average Bonchev–Trinajstić information content (AvgIpc) is 2.94. The third kappa shape index (κ3) is 3.05. The van der Waals surface area contributed by atoms with E-state index in [1.54, 1.807) is 13.8 Å². The van der Waals surface area contributed by atoms with Crippen LogP contribution in [0.15, 0.2) is 29.3 Å². The zero-order chi connectivity index (χ0) is 19.0. The lowest BCUT2D eigenvalue weighted by Gasteiger charge is -2.13. The van der Waals surface area contributed by atoms with Crippen LogP contribution in [0.2, 0.25) is 0 Å². The molecule has 1 aromatic carbocycles. The van der Waals surface area contributed by atoms with Gasteiger partial charge < -0.3 is 4.74 Å². The lowest BCUT2D eigenvalue weighted by atomic mass is 9.99. The number of carbonyl (C=O) groups is 1. The summed E-state index contributed by atoms with van der Waals surface area (Å²) in [6, 6.07) is 5.47. The Kier molecular flexibility index (Phi) is 4.96. The molecule has 2 heterocycles. The molecule has 0 radical (unpaired) electrons. The zero-order valence-corrected chi connectivity index (χ0v) is 16.4. The molecule has 3 aromatic rings. The summed E-state index contributed by atoms with van der Waals surface area (Å²) < 4.78 is 6.41. The van der Waals surface area contributed by atoms with Gasteiger partial charge in [0.15, 0.2) is 0 Å². The second kappa shape index (κ2) is 7.03. The van der Waals surface area contributed by atoms with Gasteiger partial charge in [-0.05, 0) is 51.3 Å². The molecule has 0 saturated heterocycles. The summed E-state index contributed by atoms with van der Waals surface area (Å²) in [5.41, 5.74) is 4.06. The summed E-state index contributed by atoms with van der Waals surface area (Å²) >= 11 is 1.50. The van der Waals surface area contributed by atoms with Crippen LogP contribution in [0.4, 0.5) is 0 Å². The van der Waals surface area contributed by atoms with Gasteiger partial charge in [-0.25, -0.2) is 9.78 Å². The molecule has 0 spiro atoms. The maximum atomic E-state index is 13.2. The van der Waals surface area contributed by atoms with Crippen molar-refractivity contribution in [3.63, 3.8) is 0 Å². The molecular weight excluding hydrogens is 348 g/mol. The van der Waals surface area contributed by atoms with Crippen LogP contribution in [0.3, 0.4) is 0 Å². The molecule has 0 N–H and O–H groups in total.